The van der Waals surface area contributed by atoms with E-state index < -0.39 is 21.1 Å². The Morgan fingerprint density at radius 1 is 1.40 bits per heavy atom. The van der Waals surface area contributed by atoms with Crippen LogP contribution in [0.5, 0.6) is 0 Å². The van der Waals surface area contributed by atoms with Gasteiger partial charge in [-0.25, -0.2) is 17.1 Å². The summed E-state index contributed by atoms with van der Waals surface area (Å²) in [7, 11) is -2.08. The van der Waals surface area contributed by atoms with Gasteiger partial charge in [0, 0.05) is 13.6 Å². The lowest BCUT2D eigenvalue weighted by molar-refractivity contribution is 0.479. The summed E-state index contributed by atoms with van der Waals surface area (Å²) in [6.07, 6.45) is 1.08. The molecule has 0 amide bonds. The average molecular weight is 297 g/mol. The van der Waals surface area contributed by atoms with E-state index in [9.17, 15) is 12.8 Å². The zero-order chi connectivity index (χ0) is 15.3. The van der Waals surface area contributed by atoms with Crippen molar-refractivity contribution in [1.82, 2.24) is 4.31 Å². The molecule has 3 nitrogen and oxygen atoms in total. The van der Waals surface area contributed by atoms with Crippen LogP contribution in [0.1, 0.15) is 24.7 Å². The van der Waals surface area contributed by atoms with E-state index in [-0.39, 0.29) is 6.54 Å². The number of sulfonamides is 1. The molecule has 0 aromatic heterocycles. The number of benzene rings is 1. The number of allylic oxidation sites excluding steroid dienone is 2. The van der Waals surface area contributed by atoms with Gasteiger partial charge in [-0.15, -0.1) is 0 Å². The van der Waals surface area contributed by atoms with Gasteiger partial charge in [0.15, 0.2) is 0 Å². The van der Waals surface area contributed by atoms with Crippen molar-refractivity contribution in [1.29, 1.82) is 0 Å². The summed E-state index contributed by atoms with van der Waals surface area (Å²) < 4.78 is 39.4. The third-order valence-corrected chi connectivity index (χ3v) is 5.36. The molecule has 1 unspecified atom stereocenters. The molecule has 0 aliphatic carbocycles. The summed E-state index contributed by atoms with van der Waals surface area (Å²) in [6.45, 7) is 6.53. The van der Waals surface area contributed by atoms with E-state index in [1.165, 1.54) is 11.4 Å². The summed E-state index contributed by atoms with van der Waals surface area (Å²) in [6, 6.07) is 8.96. The van der Waals surface area contributed by atoms with Crippen LogP contribution in [-0.4, -0.2) is 26.3 Å². The predicted molar refractivity (Wildman–Crippen MR) is 80.4 cm³/mol. The summed E-state index contributed by atoms with van der Waals surface area (Å²) >= 11 is 0. The molecule has 1 aromatic carbocycles. The van der Waals surface area contributed by atoms with Crippen LogP contribution in [0.4, 0.5) is 4.39 Å². The van der Waals surface area contributed by atoms with Gasteiger partial charge in [0.2, 0.25) is 10.0 Å². The van der Waals surface area contributed by atoms with E-state index >= 15 is 0 Å². The molecule has 0 bridgehead atoms. The van der Waals surface area contributed by atoms with Gasteiger partial charge in [-0.1, -0.05) is 36.9 Å². The normalized spacial score (nSPS) is 14.8. The number of nitrogens with zero attached hydrogens (tertiary/aromatic N) is 1. The first-order chi connectivity index (χ1) is 9.30. The van der Waals surface area contributed by atoms with E-state index in [1.807, 2.05) is 6.07 Å². The first-order valence-corrected chi connectivity index (χ1v) is 7.78. The van der Waals surface area contributed by atoms with E-state index in [0.29, 0.717) is 11.1 Å². The monoisotopic (exact) mass is 297 g/mol. The first-order valence-electron chi connectivity index (χ1n) is 6.28. The van der Waals surface area contributed by atoms with Gasteiger partial charge in [0.1, 0.15) is 5.83 Å². The zero-order valence-electron chi connectivity index (χ0n) is 12.0. The lowest BCUT2D eigenvalue weighted by Crippen LogP contribution is -2.32. The molecule has 110 valence electrons. The van der Waals surface area contributed by atoms with E-state index in [1.54, 1.807) is 38.1 Å². The molecular weight excluding hydrogens is 277 g/mol. The first kappa shape index (κ1) is 16.6. The Morgan fingerprint density at radius 3 is 2.45 bits per heavy atom. The Labute approximate surface area is 120 Å². The van der Waals surface area contributed by atoms with Crippen LogP contribution >= 0.6 is 0 Å². The zero-order valence-corrected chi connectivity index (χ0v) is 12.8. The second-order valence-electron chi connectivity index (χ2n) is 4.69. The van der Waals surface area contributed by atoms with Crippen molar-refractivity contribution in [3.8, 4) is 0 Å². The van der Waals surface area contributed by atoms with Crippen LogP contribution in [-0.2, 0) is 10.0 Å². The minimum Gasteiger partial charge on any atom is -0.212 e. The van der Waals surface area contributed by atoms with Gasteiger partial charge in [-0.05, 0) is 31.1 Å². The minimum atomic E-state index is -3.53. The van der Waals surface area contributed by atoms with E-state index in [0.717, 1.165) is 6.08 Å². The van der Waals surface area contributed by atoms with Gasteiger partial charge in [0.05, 0.1) is 5.25 Å². The maximum atomic E-state index is 13.3. The molecular formula is C15H20FNO2S. The van der Waals surface area contributed by atoms with Crippen LogP contribution in [0.2, 0.25) is 0 Å². The highest BCUT2D eigenvalue weighted by atomic mass is 32.2. The second-order valence-corrected chi connectivity index (χ2v) is 7.05. The number of likely N-dealkylation sites (N-methyl/N-ethyl adjacent to an activating group) is 1. The van der Waals surface area contributed by atoms with Crippen molar-refractivity contribution >= 4 is 10.0 Å². The Kier molecular flexibility index (Phi) is 5.65. The lowest BCUT2D eigenvalue weighted by atomic mass is 10.2. The van der Waals surface area contributed by atoms with E-state index in [2.05, 4.69) is 6.58 Å². The highest BCUT2D eigenvalue weighted by molar-refractivity contribution is 7.89. The molecule has 0 aliphatic rings. The molecule has 1 rings (SSSR count). The van der Waals surface area contributed by atoms with Crippen LogP contribution in [0.3, 0.4) is 0 Å². The van der Waals surface area contributed by atoms with Crippen molar-refractivity contribution in [3.05, 3.63) is 60.0 Å². The maximum Gasteiger partial charge on any atom is 0.220 e. The molecule has 1 aromatic rings. The van der Waals surface area contributed by atoms with Gasteiger partial charge < -0.3 is 0 Å². The van der Waals surface area contributed by atoms with Gasteiger partial charge in [-0.3, -0.25) is 0 Å². The molecule has 0 radical (unpaired) electrons. The summed E-state index contributed by atoms with van der Waals surface area (Å²) in [5.41, 5.74) is 1.05. The smallest absolute Gasteiger partial charge is 0.212 e. The van der Waals surface area contributed by atoms with Gasteiger partial charge >= 0.3 is 0 Å². The van der Waals surface area contributed by atoms with Crippen LogP contribution in [0, 0.1) is 0 Å². The number of rotatable bonds is 6. The quantitative estimate of drug-likeness (QED) is 0.754. The van der Waals surface area contributed by atoms with Crippen molar-refractivity contribution in [2.24, 2.45) is 0 Å². The van der Waals surface area contributed by atoms with Gasteiger partial charge in [0.25, 0.3) is 0 Å². The third kappa shape index (κ3) is 3.77. The molecule has 0 N–H and O–H groups in total. The molecule has 0 saturated heterocycles. The second kappa shape index (κ2) is 6.81. The molecule has 0 heterocycles. The topological polar surface area (TPSA) is 37.4 Å². The van der Waals surface area contributed by atoms with Gasteiger partial charge in [-0.2, -0.15) is 0 Å². The minimum absolute atomic E-state index is 0.0113. The highest BCUT2D eigenvalue weighted by Crippen LogP contribution is 2.25. The Hall–Kier alpha value is -1.46. The number of hydrogen-bond donors (Lipinski definition) is 0. The fraction of sp³-hybridized carbons (Fsp3) is 0.333. The van der Waals surface area contributed by atoms with Crippen molar-refractivity contribution in [3.63, 3.8) is 0 Å². The van der Waals surface area contributed by atoms with Crippen LogP contribution < -0.4 is 0 Å². The Bertz CT molecular complexity index is 594. The van der Waals surface area contributed by atoms with E-state index in [4.69, 9.17) is 0 Å². The molecule has 0 spiro atoms. The predicted octanol–water partition coefficient (Wildman–Crippen LogP) is 3.44. The molecule has 5 heteroatoms. The fourth-order valence-corrected chi connectivity index (χ4v) is 3.25. The van der Waals surface area contributed by atoms with Crippen LogP contribution in [0.25, 0.3) is 0 Å². The summed E-state index contributed by atoms with van der Waals surface area (Å²) in [5, 5.41) is -0.673. The van der Waals surface area contributed by atoms with Crippen LogP contribution in [0.15, 0.2) is 54.4 Å². The van der Waals surface area contributed by atoms with Crippen molar-refractivity contribution in [2.45, 2.75) is 19.1 Å². The highest BCUT2D eigenvalue weighted by Gasteiger charge is 2.27. The molecule has 0 aliphatic heterocycles. The van der Waals surface area contributed by atoms with Crippen molar-refractivity contribution in [2.75, 3.05) is 13.6 Å². The Balaban J connectivity index is 2.97. The molecule has 0 saturated carbocycles. The Morgan fingerprint density at radius 2 is 1.95 bits per heavy atom. The van der Waals surface area contributed by atoms with Crippen molar-refractivity contribution < 1.29 is 12.8 Å². The molecule has 20 heavy (non-hydrogen) atoms. The fourth-order valence-electron chi connectivity index (χ4n) is 1.84. The standard InChI is InChI=1S/C15H20FNO2S/c1-5-15(16)12(2)11-17(4)20(18,19)13(3)14-9-7-6-8-10-14/h5-10,13H,1,11H2,2-4H3. The SMILES string of the molecule is C=CC(F)=C(C)CN(C)S(=O)(=O)C(C)c1ccccc1. The average Bonchev–Trinajstić information content (AvgIpc) is 2.46. The lowest BCUT2D eigenvalue weighted by Gasteiger charge is -2.22. The third-order valence-electron chi connectivity index (χ3n) is 3.20. The molecule has 1 atom stereocenters. The summed E-state index contributed by atoms with van der Waals surface area (Å²) in [4.78, 5) is 0. The summed E-state index contributed by atoms with van der Waals surface area (Å²) in [5.74, 6) is -0.487. The number of halogens is 1. The number of hydrogen-bond acceptors (Lipinski definition) is 2. The maximum absolute atomic E-state index is 13.3. The largest absolute Gasteiger partial charge is 0.220 e. The molecule has 0 fully saturated rings.